The van der Waals surface area contributed by atoms with Gasteiger partial charge < -0.3 is 9.84 Å². The molecule has 2 heterocycles. The molecule has 1 aromatic heterocycles. The van der Waals surface area contributed by atoms with Crippen LogP contribution in [0.5, 0.6) is 0 Å². The first-order chi connectivity index (χ1) is 8.65. The van der Waals surface area contributed by atoms with Crippen LogP contribution < -0.4 is 5.32 Å². The quantitative estimate of drug-likeness (QED) is 0.872. The van der Waals surface area contributed by atoms with Gasteiger partial charge in [0.1, 0.15) is 0 Å². The minimum absolute atomic E-state index is 0.527. The lowest BCUT2D eigenvalue weighted by Gasteiger charge is -2.32. The average molecular weight is 251 g/mol. The van der Waals surface area contributed by atoms with E-state index < -0.39 is 0 Å². The molecular weight excluding hydrogens is 226 g/mol. The summed E-state index contributed by atoms with van der Waals surface area (Å²) >= 11 is 0. The molecule has 1 aromatic rings. The van der Waals surface area contributed by atoms with Gasteiger partial charge in [-0.2, -0.15) is 0 Å². The molecule has 1 fully saturated rings. The van der Waals surface area contributed by atoms with Crippen LogP contribution in [0.25, 0.3) is 0 Å². The third kappa shape index (κ3) is 3.82. The molecule has 1 unspecified atom stereocenters. The highest BCUT2D eigenvalue weighted by atomic mass is 16.5. The molecular formula is C14H25N3O. The van der Waals surface area contributed by atoms with E-state index in [1.54, 1.807) is 0 Å². The monoisotopic (exact) mass is 251 g/mol. The lowest BCUT2D eigenvalue weighted by atomic mass is 10.0. The fourth-order valence-electron chi connectivity index (χ4n) is 2.51. The van der Waals surface area contributed by atoms with Gasteiger partial charge in [-0.05, 0) is 40.2 Å². The van der Waals surface area contributed by atoms with Crippen LogP contribution in [-0.2, 0) is 6.54 Å². The van der Waals surface area contributed by atoms with E-state index in [1.807, 2.05) is 13.0 Å². The fourth-order valence-corrected chi connectivity index (χ4v) is 2.51. The van der Waals surface area contributed by atoms with Crippen molar-refractivity contribution >= 4 is 0 Å². The Hall–Kier alpha value is -0.870. The third-order valence-corrected chi connectivity index (χ3v) is 3.63. The highest BCUT2D eigenvalue weighted by Crippen LogP contribution is 2.14. The molecule has 1 atom stereocenters. The van der Waals surface area contributed by atoms with Gasteiger partial charge in [0.15, 0.2) is 5.76 Å². The lowest BCUT2D eigenvalue weighted by Crippen LogP contribution is -2.45. The van der Waals surface area contributed by atoms with Gasteiger partial charge in [-0.25, -0.2) is 0 Å². The Morgan fingerprint density at radius 3 is 2.89 bits per heavy atom. The highest BCUT2D eigenvalue weighted by Gasteiger charge is 2.19. The zero-order valence-corrected chi connectivity index (χ0v) is 11.8. The summed E-state index contributed by atoms with van der Waals surface area (Å²) in [5.41, 5.74) is 0.962. The van der Waals surface area contributed by atoms with Crippen molar-refractivity contribution in [3.05, 3.63) is 17.5 Å². The van der Waals surface area contributed by atoms with Crippen LogP contribution in [0.1, 0.15) is 44.6 Å². The van der Waals surface area contributed by atoms with Gasteiger partial charge in [0.25, 0.3) is 0 Å². The number of hydrogen-bond acceptors (Lipinski definition) is 4. The maximum absolute atomic E-state index is 5.32. The molecule has 0 bridgehead atoms. The predicted octanol–water partition coefficient (Wildman–Crippen LogP) is 2.34. The molecule has 0 saturated carbocycles. The van der Waals surface area contributed by atoms with Gasteiger partial charge in [0.2, 0.25) is 0 Å². The second-order valence-corrected chi connectivity index (χ2v) is 5.60. The summed E-state index contributed by atoms with van der Waals surface area (Å²) in [7, 11) is 0. The van der Waals surface area contributed by atoms with Crippen molar-refractivity contribution < 1.29 is 4.52 Å². The van der Waals surface area contributed by atoms with Gasteiger partial charge in [0, 0.05) is 24.7 Å². The number of aryl methyl sites for hydroxylation is 1. The summed E-state index contributed by atoms with van der Waals surface area (Å²) in [6.07, 6.45) is 3.96. The maximum atomic E-state index is 5.32. The third-order valence-electron chi connectivity index (χ3n) is 3.63. The van der Waals surface area contributed by atoms with Crippen molar-refractivity contribution in [2.75, 3.05) is 13.1 Å². The fraction of sp³-hybridized carbons (Fsp3) is 0.786. The lowest BCUT2D eigenvalue weighted by molar-refractivity contribution is 0.160. The molecule has 1 aliphatic rings. The first-order valence-corrected chi connectivity index (χ1v) is 7.05. The summed E-state index contributed by atoms with van der Waals surface area (Å²) in [5, 5.41) is 7.57. The summed E-state index contributed by atoms with van der Waals surface area (Å²) in [6.45, 7) is 9.57. The minimum Gasteiger partial charge on any atom is -0.360 e. The van der Waals surface area contributed by atoms with Gasteiger partial charge in [-0.15, -0.1) is 0 Å². The van der Waals surface area contributed by atoms with Crippen LogP contribution in [0, 0.1) is 6.92 Å². The number of aromatic nitrogens is 1. The molecule has 0 aromatic carbocycles. The van der Waals surface area contributed by atoms with Crippen LogP contribution in [0.3, 0.4) is 0 Å². The molecule has 0 amide bonds. The summed E-state index contributed by atoms with van der Waals surface area (Å²) in [4.78, 5) is 2.46. The van der Waals surface area contributed by atoms with Crippen molar-refractivity contribution in [1.82, 2.24) is 15.4 Å². The Morgan fingerprint density at radius 1 is 1.50 bits per heavy atom. The first kappa shape index (κ1) is 13.6. The average Bonchev–Trinajstić information content (AvgIpc) is 2.75. The largest absolute Gasteiger partial charge is 0.360 e. The van der Waals surface area contributed by atoms with Crippen LogP contribution >= 0.6 is 0 Å². The van der Waals surface area contributed by atoms with Crippen molar-refractivity contribution in [2.24, 2.45) is 0 Å². The Bertz CT molecular complexity index is 356. The summed E-state index contributed by atoms with van der Waals surface area (Å²) in [5.74, 6) is 0.969. The molecule has 0 spiro atoms. The molecule has 2 rings (SSSR count). The smallest absolute Gasteiger partial charge is 0.150 e. The van der Waals surface area contributed by atoms with Crippen LogP contribution in [0.2, 0.25) is 0 Å². The van der Waals surface area contributed by atoms with Crippen molar-refractivity contribution in [2.45, 2.75) is 58.7 Å². The van der Waals surface area contributed by atoms with Crippen molar-refractivity contribution in [3.8, 4) is 0 Å². The van der Waals surface area contributed by atoms with E-state index in [2.05, 4.69) is 29.2 Å². The van der Waals surface area contributed by atoms with Gasteiger partial charge in [0.05, 0.1) is 12.2 Å². The van der Waals surface area contributed by atoms with E-state index in [0.29, 0.717) is 12.1 Å². The number of rotatable bonds is 5. The molecule has 0 aliphatic carbocycles. The SMILES string of the molecule is Cc1cc(CN(CC2CCCCN2)C(C)C)on1. The Labute approximate surface area is 110 Å². The molecule has 1 saturated heterocycles. The molecule has 1 aliphatic heterocycles. The maximum Gasteiger partial charge on any atom is 0.150 e. The molecule has 4 heteroatoms. The van der Waals surface area contributed by atoms with Crippen LogP contribution in [0.15, 0.2) is 10.6 Å². The Morgan fingerprint density at radius 2 is 2.33 bits per heavy atom. The Kier molecular flexibility index (Phi) is 4.78. The summed E-state index contributed by atoms with van der Waals surface area (Å²) < 4.78 is 5.32. The van der Waals surface area contributed by atoms with E-state index in [1.165, 1.54) is 19.3 Å². The van der Waals surface area contributed by atoms with E-state index in [9.17, 15) is 0 Å². The second kappa shape index (κ2) is 6.34. The molecule has 18 heavy (non-hydrogen) atoms. The zero-order valence-electron chi connectivity index (χ0n) is 11.8. The summed E-state index contributed by atoms with van der Waals surface area (Å²) in [6, 6.07) is 3.19. The van der Waals surface area contributed by atoms with Gasteiger partial charge >= 0.3 is 0 Å². The minimum atomic E-state index is 0.527. The second-order valence-electron chi connectivity index (χ2n) is 5.60. The van der Waals surface area contributed by atoms with Crippen molar-refractivity contribution in [1.29, 1.82) is 0 Å². The van der Waals surface area contributed by atoms with E-state index in [-0.39, 0.29) is 0 Å². The first-order valence-electron chi connectivity index (χ1n) is 7.05. The number of piperidine rings is 1. The normalized spacial score (nSPS) is 20.8. The zero-order chi connectivity index (χ0) is 13.0. The Balaban J connectivity index is 1.90. The van der Waals surface area contributed by atoms with Crippen LogP contribution in [-0.4, -0.2) is 35.2 Å². The number of nitrogens with zero attached hydrogens (tertiary/aromatic N) is 2. The van der Waals surface area contributed by atoms with E-state index in [0.717, 1.165) is 31.1 Å². The number of nitrogens with one attached hydrogen (secondary N) is 1. The topological polar surface area (TPSA) is 41.3 Å². The van der Waals surface area contributed by atoms with Gasteiger partial charge in [-0.3, -0.25) is 4.90 Å². The van der Waals surface area contributed by atoms with Crippen molar-refractivity contribution in [3.63, 3.8) is 0 Å². The molecule has 102 valence electrons. The molecule has 0 radical (unpaired) electrons. The highest BCUT2D eigenvalue weighted by molar-refractivity contribution is 5.03. The standard InChI is InChI=1S/C14H25N3O/c1-11(2)17(9-13-6-4-5-7-15-13)10-14-8-12(3)16-18-14/h8,11,13,15H,4-7,9-10H2,1-3H3. The van der Waals surface area contributed by atoms with Gasteiger partial charge in [-0.1, -0.05) is 11.6 Å². The number of hydrogen-bond donors (Lipinski definition) is 1. The van der Waals surface area contributed by atoms with Crippen LogP contribution in [0.4, 0.5) is 0 Å². The predicted molar refractivity (Wildman–Crippen MR) is 72.4 cm³/mol. The van der Waals surface area contributed by atoms with E-state index >= 15 is 0 Å². The molecule has 1 N–H and O–H groups in total. The molecule has 4 nitrogen and oxygen atoms in total. The van der Waals surface area contributed by atoms with E-state index in [4.69, 9.17) is 4.52 Å².